The van der Waals surface area contributed by atoms with Gasteiger partial charge in [0.25, 0.3) is 5.89 Å². The number of aromatic nitrogens is 4. The first kappa shape index (κ1) is 12.4. The molecule has 0 aliphatic rings. The summed E-state index contributed by atoms with van der Waals surface area (Å²) in [4.78, 5) is 4.43. The first-order valence-corrected chi connectivity index (χ1v) is 6.25. The van der Waals surface area contributed by atoms with Gasteiger partial charge in [0.2, 0.25) is 5.82 Å². The number of nitrogens with zero attached hydrogens (tertiary/aromatic N) is 4. The van der Waals surface area contributed by atoms with Crippen LogP contribution < -0.4 is 4.74 Å². The number of hydrogen-bond donors (Lipinski definition) is 0. The van der Waals surface area contributed by atoms with Gasteiger partial charge in [-0.15, -0.1) is 0 Å². The van der Waals surface area contributed by atoms with Gasteiger partial charge in [-0.05, 0) is 25.1 Å². The summed E-state index contributed by atoms with van der Waals surface area (Å²) in [5, 5.41) is 8.19. The summed E-state index contributed by atoms with van der Waals surface area (Å²) in [5.41, 5.74) is 0.803. The van der Waals surface area contributed by atoms with E-state index in [1.54, 1.807) is 18.0 Å². The van der Waals surface area contributed by atoms with E-state index in [1.165, 1.54) is 0 Å². The molecule has 2 aromatic heterocycles. The normalized spacial score (nSPS) is 12.3. The van der Waals surface area contributed by atoms with E-state index in [0.29, 0.717) is 17.5 Å². The van der Waals surface area contributed by atoms with Gasteiger partial charge < -0.3 is 9.26 Å². The van der Waals surface area contributed by atoms with E-state index in [9.17, 15) is 0 Å². The Morgan fingerprint density at radius 3 is 2.85 bits per heavy atom. The number of rotatable bonds is 4. The van der Waals surface area contributed by atoms with E-state index >= 15 is 0 Å². The molecule has 6 nitrogen and oxygen atoms in total. The molecule has 1 aromatic carbocycles. The molecule has 3 aromatic rings. The van der Waals surface area contributed by atoms with Crippen molar-refractivity contribution in [1.82, 2.24) is 19.9 Å². The van der Waals surface area contributed by atoms with Crippen LogP contribution in [0.1, 0.15) is 18.9 Å². The minimum absolute atomic E-state index is 0.110. The van der Waals surface area contributed by atoms with Crippen LogP contribution in [0.25, 0.3) is 11.4 Å². The Morgan fingerprint density at radius 1 is 1.25 bits per heavy atom. The fourth-order valence-corrected chi connectivity index (χ4v) is 1.97. The van der Waals surface area contributed by atoms with Crippen LogP contribution in [0.15, 0.2) is 47.2 Å². The number of para-hydroxylation sites is 1. The van der Waals surface area contributed by atoms with Gasteiger partial charge in [0, 0.05) is 12.4 Å². The predicted octanol–water partition coefficient (Wildman–Crippen LogP) is 2.55. The molecule has 0 aliphatic carbocycles. The Morgan fingerprint density at radius 2 is 2.10 bits per heavy atom. The van der Waals surface area contributed by atoms with Crippen LogP contribution in [0.4, 0.5) is 0 Å². The molecule has 0 amide bonds. The van der Waals surface area contributed by atoms with E-state index in [4.69, 9.17) is 9.26 Å². The molecule has 0 spiro atoms. The van der Waals surface area contributed by atoms with Crippen LogP contribution in [-0.4, -0.2) is 27.0 Å². The molecule has 0 fully saturated rings. The third kappa shape index (κ3) is 2.16. The van der Waals surface area contributed by atoms with Crippen molar-refractivity contribution in [3.63, 3.8) is 0 Å². The Bertz CT molecular complexity index is 691. The molecule has 2 heterocycles. The maximum absolute atomic E-state index is 5.33. The van der Waals surface area contributed by atoms with Crippen molar-refractivity contribution in [1.29, 1.82) is 0 Å². The summed E-state index contributed by atoms with van der Waals surface area (Å²) in [6, 6.07) is 9.31. The van der Waals surface area contributed by atoms with Crippen molar-refractivity contribution >= 4 is 0 Å². The molecule has 0 N–H and O–H groups in total. The maximum atomic E-state index is 5.33. The SMILES string of the molecule is COc1ccccc1-c1noc([C@H](C)n2cccn2)n1. The number of methoxy groups -OCH3 is 1. The van der Waals surface area contributed by atoms with Crippen LogP contribution in [0.5, 0.6) is 5.75 Å². The van der Waals surface area contributed by atoms with E-state index < -0.39 is 0 Å². The summed E-state index contributed by atoms with van der Waals surface area (Å²) in [6.45, 7) is 1.95. The molecule has 0 unspecified atom stereocenters. The molecule has 20 heavy (non-hydrogen) atoms. The van der Waals surface area contributed by atoms with Crippen molar-refractivity contribution in [2.75, 3.05) is 7.11 Å². The zero-order chi connectivity index (χ0) is 13.9. The second kappa shape index (κ2) is 5.16. The summed E-state index contributed by atoms with van der Waals surface area (Å²) < 4.78 is 12.4. The van der Waals surface area contributed by atoms with Gasteiger partial charge >= 0.3 is 0 Å². The molecular weight excluding hydrogens is 256 g/mol. The van der Waals surface area contributed by atoms with Gasteiger partial charge in [0.15, 0.2) is 0 Å². The van der Waals surface area contributed by atoms with Crippen molar-refractivity contribution in [2.24, 2.45) is 0 Å². The van der Waals surface area contributed by atoms with Crippen molar-refractivity contribution in [2.45, 2.75) is 13.0 Å². The minimum Gasteiger partial charge on any atom is -0.496 e. The Kier molecular flexibility index (Phi) is 3.20. The highest BCUT2D eigenvalue weighted by molar-refractivity contribution is 5.63. The van der Waals surface area contributed by atoms with E-state index in [1.807, 2.05) is 43.5 Å². The third-order valence-electron chi connectivity index (χ3n) is 3.07. The van der Waals surface area contributed by atoms with E-state index in [-0.39, 0.29) is 6.04 Å². The summed E-state index contributed by atoms with van der Waals surface area (Å²) >= 11 is 0. The quantitative estimate of drug-likeness (QED) is 0.729. The van der Waals surface area contributed by atoms with Crippen molar-refractivity contribution in [3.8, 4) is 17.1 Å². The van der Waals surface area contributed by atoms with Gasteiger partial charge in [-0.25, -0.2) is 0 Å². The molecule has 3 rings (SSSR count). The summed E-state index contributed by atoms with van der Waals surface area (Å²) in [5.74, 6) is 1.73. The molecule has 0 saturated heterocycles. The zero-order valence-corrected chi connectivity index (χ0v) is 11.2. The third-order valence-corrected chi connectivity index (χ3v) is 3.07. The lowest BCUT2D eigenvalue weighted by Crippen LogP contribution is -2.07. The predicted molar refractivity (Wildman–Crippen MR) is 72.3 cm³/mol. The molecule has 1 atom stereocenters. The Hall–Kier alpha value is -2.63. The van der Waals surface area contributed by atoms with Gasteiger partial charge in [-0.1, -0.05) is 17.3 Å². The largest absolute Gasteiger partial charge is 0.496 e. The van der Waals surface area contributed by atoms with Crippen LogP contribution in [0, 0.1) is 0 Å². The van der Waals surface area contributed by atoms with Crippen molar-refractivity contribution < 1.29 is 9.26 Å². The summed E-state index contributed by atoms with van der Waals surface area (Å²) in [6.07, 6.45) is 3.58. The van der Waals surface area contributed by atoms with Crippen LogP contribution in [0.3, 0.4) is 0 Å². The van der Waals surface area contributed by atoms with Gasteiger partial charge in [0.1, 0.15) is 11.8 Å². The average molecular weight is 270 g/mol. The van der Waals surface area contributed by atoms with Crippen LogP contribution >= 0.6 is 0 Å². The lowest BCUT2D eigenvalue weighted by atomic mass is 10.2. The number of benzene rings is 1. The second-order valence-corrected chi connectivity index (χ2v) is 4.32. The molecule has 0 bridgehead atoms. The highest BCUT2D eigenvalue weighted by Gasteiger charge is 2.18. The molecule has 6 heteroatoms. The Labute approximate surface area is 116 Å². The molecule has 0 aliphatic heterocycles. The lowest BCUT2D eigenvalue weighted by Gasteiger charge is -2.06. The van der Waals surface area contributed by atoms with E-state index in [0.717, 1.165) is 5.56 Å². The maximum Gasteiger partial charge on any atom is 0.251 e. The monoisotopic (exact) mass is 270 g/mol. The lowest BCUT2D eigenvalue weighted by molar-refractivity contribution is 0.336. The molecule has 102 valence electrons. The topological polar surface area (TPSA) is 66.0 Å². The second-order valence-electron chi connectivity index (χ2n) is 4.32. The highest BCUT2D eigenvalue weighted by Crippen LogP contribution is 2.28. The van der Waals surface area contributed by atoms with E-state index in [2.05, 4.69) is 15.2 Å². The Balaban J connectivity index is 1.94. The van der Waals surface area contributed by atoms with Gasteiger partial charge in [-0.3, -0.25) is 4.68 Å². The van der Waals surface area contributed by atoms with Crippen LogP contribution in [-0.2, 0) is 0 Å². The minimum atomic E-state index is -0.110. The fraction of sp³-hybridized carbons (Fsp3) is 0.214. The number of hydrogen-bond acceptors (Lipinski definition) is 5. The first-order chi connectivity index (χ1) is 9.79. The number of ether oxygens (including phenoxy) is 1. The standard InChI is InChI=1S/C14H14N4O2/c1-10(18-9-5-8-15-18)14-16-13(17-20-14)11-6-3-4-7-12(11)19-2/h3-10H,1-2H3/t10-/m0/s1. The first-order valence-electron chi connectivity index (χ1n) is 6.25. The smallest absolute Gasteiger partial charge is 0.251 e. The molecular formula is C14H14N4O2. The summed E-state index contributed by atoms with van der Waals surface area (Å²) in [7, 11) is 1.62. The molecule has 0 saturated carbocycles. The van der Waals surface area contributed by atoms with Crippen LogP contribution in [0.2, 0.25) is 0 Å². The van der Waals surface area contributed by atoms with Crippen molar-refractivity contribution in [3.05, 3.63) is 48.6 Å². The fourth-order valence-electron chi connectivity index (χ4n) is 1.97. The highest BCUT2D eigenvalue weighted by atomic mass is 16.5. The molecule has 0 radical (unpaired) electrons. The zero-order valence-electron chi connectivity index (χ0n) is 11.2. The average Bonchev–Trinajstić information content (AvgIpc) is 3.18. The van der Waals surface area contributed by atoms with Gasteiger partial charge in [-0.2, -0.15) is 10.1 Å². The van der Waals surface area contributed by atoms with Gasteiger partial charge in [0.05, 0.1) is 12.7 Å².